The number of alkyl carbamates (subject to hydrolysis) is 1. The van der Waals surface area contributed by atoms with E-state index in [4.69, 9.17) is 21.4 Å². The molecule has 0 saturated heterocycles. The van der Waals surface area contributed by atoms with E-state index < -0.39 is 29.8 Å². The van der Waals surface area contributed by atoms with Gasteiger partial charge in [0.15, 0.2) is 6.04 Å². The molecule has 0 spiro atoms. The highest BCUT2D eigenvalue weighted by molar-refractivity contribution is 6.30. The number of ether oxygens (including phenoxy) is 1. The zero-order chi connectivity index (χ0) is 16.2. The molecule has 6 nitrogen and oxygen atoms in total. The molecule has 1 aromatic carbocycles. The minimum Gasteiger partial charge on any atom is -0.480 e. The summed E-state index contributed by atoms with van der Waals surface area (Å²) in [4.78, 5) is 22.9. The van der Waals surface area contributed by atoms with Crippen LogP contribution < -0.4 is 5.32 Å². The average Bonchev–Trinajstić information content (AvgIpc) is 2.33. The van der Waals surface area contributed by atoms with Crippen LogP contribution in [0.3, 0.4) is 0 Å². The lowest BCUT2D eigenvalue weighted by Crippen LogP contribution is -2.46. The molecule has 21 heavy (non-hydrogen) atoms. The first kappa shape index (κ1) is 17.3. The monoisotopic (exact) mass is 315 g/mol. The lowest BCUT2D eigenvalue weighted by Gasteiger charge is -2.24. The minimum absolute atomic E-state index is 0.322. The number of hydrogen-bond acceptors (Lipinski definition) is 4. The standard InChI is InChI=1S/C14H18ClNO5/c1-14(2,3)21-13(20)16-10(12(18)19)11(17)8-4-6-9(15)7-5-8/h4-7,10-11,17H,1-3H3,(H,16,20)(H,18,19)/t10-,11-/m1/s1. The number of amides is 1. The molecule has 0 unspecified atom stereocenters. The van der Waals surface area contributed by atoms with Crippen LogP contribution in [0.1, 0.15) is 32.4 Å². The molecule has 116 valence electrons. The Balaban J connectivity index is 2.84. The van der Waals surface area contributed by atoms with Gasteiger partial charge in [0.2, 0.25) is 0 Å². The van der Waals surface area contributed by atoms with Crippen LogP contribution in [-0.4, -0.2) is 33.9 Å². The lowest BCUT2D eigenvalue weighted by molar-refractivity contribution is -0.142. The summed E-state index contributed by atoms with van der Waals surface area (Å²) in [7, 11) is 0. The molecule has 2 atom stereocenters. The Morgan fingerprint density at radius 2 is 1.76 bits per heavy atom. The predicted molar refractivity (Wildman–Crippen MR) is 77.2 cm³/mol. The number of carbonyl (C=O) groups excluding carboxylic acids is 1. The second-order valence-electron chi connectivity index (χ2n) is 5.46. The first-order chi connectivity index (χ1) is 9.60. The Labute approximate surface area is 127 Å². The molecule has 0 saturated carbocycles. The van der Waals surface area contributed by atoms with Gasteiger partial charge >= 0.3 is 12.1 Å². The Hall–Kier alpha value is -1.79. The number of halogens is 1. The van der Waals surface area contributed by atoms with E-state index in [-0.39, 0.29) is 0 Å². The third-order valence-electron chi connectivity index (χ3n) is 2.47. The summed E-state index contributed by atoms with van der Waals surface area (Å²) in [6.07, 6.45) is -2.34. The van der Waals surface area contributed by atoms with Gasteiger partial charge in [-0.2, -0.15) is 0 Å². The third-order valence-corrected chi connectivity index (χ3v) is 2.72. The van der Waals surface area contributed by atoms with Crippen LogP contribution in [0.2, 0.25) is 5.02 Å². The van der Waals surface area contributed by atoms with Crippen LogP contribution in [0.15, 0.2) is 24.3 Å². The molecule has 7 heteroatoms. The molecule has 0 heterocycles. The number of benzene rings is 1. The Morgan fingerprint density at radius 1 is 1.24 bits per heavy atom. The van der Waals surface area contributed by atoms with Crippen LogP contribution in [-0.2, 0) is 9.53 Å². The van der Waals surface area contributed by atoms with E-state index in [0.29, 0.717) is 10.6 Å². The minimum atomic E-state index is -1.53. The molecule has 0 aliphatic rings. The normalized spacial score (nSPS) is 14.1. The number of carboxylic acid groups (broad SMARTS) is 1. The van der Waals surface area contributed by atoms with E-state index >= 15 is 0 Å². The van der Waals surface area contributed by atoms with Crippen LogP contribution in [0.25, 0.3) is 0 Å². The summed E-state index contributed by atoms with van der Waals surface area (Å²) in [5.74, 6) is -1.37. The lowest BCUT2D eigenvalue weighted by atomic mass is 10.0. The van der Waals surface area contributed by atoms with Gasteiger partial charge in [-0.3, -0.25) is 0 Å². The molecular formula is C14H18ClNO5. The van der Waals surface area contributed by atoms with E-state index in [1.807, 2.05) is 0 Å². The van der Waals surface area contributed by atoms with Gasteiger partial charge in [0, 0.05) is 5.02 Å². The quantitative estimate of drug-likeness (QED) is 0.792. The number of carboxylic acids is 1. The van der Waals surface area contributed by atoms with E-state index in [1.54, 1.807) is 20.8 Å². The molecule has 3 N–H and O–H groups in total. The topological polar surface area (TPSA) is 95.9 Å². The summed E-state index contributed by atoms with van der Waals surface area (Å²) in [5.41, 5.74) is -0.443. The average molecular weight is 316 g/mol. The van der Waals surface area contributed by atoms with Crippen molar-refractivity contribution in [3.63, 3.8) is 0 Å². The fourth-order valence-corrected chi connectivity index (χ4v) is 1.69. The Morgan fingerprint density at radius 3 is 2.19 bits per heavy atom. The highest BCUT2D eigenvalue weighted by Gasteiger charge is 2.31. The molecule has 0 aromatic heterocycles. The highest BCUT2D eigenvalue weighted by Crippen LogP contribution is 2.20. The molecule has 1 amide bonds. The van der Waals surface area contributed by atoms with Gasteiger partial charge in [0.05, 0.1) is 0 Å². The van der Waals surface area contributed by atoms with Gasteiger partial charge < -0.3 is 20.3 Å². The smallest absolute Gasteiger partial charge is 0.408 e. The van der Waals surface area contributed by atoms with Crippen molar-refractivity contribution in [3.8, 4) is 0 Å². The van der Waals surface area contributed by atoms with Crippen LogP contribution in [0.4, 0.5) is 4.79 Å². The van der Waals surface area contributed by atoms with Crippen LogP contribution >= 0.6 is 11.6 Å². The second-order valence-corrected chi connectivity index (χ2v) is 5.89. The fourth-order valence-electron chi connectivity index (χ4n) is 1.56. The Kier molecular flexibility index (Phi) is 5.57. The number of nitrogens with one attached hydrogen (secondary N) is 1. The first-order valence-electron chi connectivity index (χ1n) is 6.26. The molecule has 0 aliphatic carbocycles. The molecule has 1 rings (SSSR count). The maximum absolute atomic E-state index is 11.6. The molecule has 1 aromatic rings. The number of aliphatic carboxylic acids is 1. The number of aliphatic hydroxyl groups excluding tert-OH is 1. The van der Waals surface area contributed by atoms with Gasteiger partial charge in [0.25, 0.3) is 0 Å². The van der Waals surface area contributed by atoms with Gasteiger partial charge in [-0.05, 0) is 38.5 Å². The molecule has 0 radical (unpaired) electrons. The molecule has 0 aliphatic heterocycles. The zero-order valence-corrected chi connectivity index (χ0v) is 12.7. The van der Waals surface area contributed by atoms with E-state index in [0.717, 1.165) is 0 Å². The number of aliphatic hydroxyl groups is 1. The molecule has 0 bridgehead atoms. The summed E-state index contributed by atoms with van der Waals surface area (Å²) in [5, 5.41) is 21.8. The van der Waals surface area contributed by atoms with Crippen LogP contribution in [0, 0.1) is 0 Å². The van der Waals surface area contributed by atoms with Crippen molar-refractivity contribution in [2.24, 2.45) is 0 Å². The first-order valence-corrected chi connectivity index (χ1v) is 6.64. The largest absolute Gasteiger partial charge is 0.480 e. The summed E-state index contributed by atoms with van der Waals surface area (Å²) >= 11 is 5.73. The number of rotatable bonds is 4. The molecule has 0 fully saturated rings. The SMILES string of the molecule is CC(C)(C)OC(=O)N[C@@H](C(=O)O)[C@H](O)c1ccc(Cl)cc1. The van der Waals surface area contributed by atoms with Gasteiger partial charge in [-0.25, -0.2) is 9.59 Å². The summed E-state index contributed by atoms with van der Waals surface area (Å²) in [6, 6.07) is 4.49. The zero-order valence-electron chi connectivity index (χ0n) is 12.0. The van der Waals surface area contributed by atoms with Crippen LogP contribution in [0.5, 0.6) is 0 Å². The third kappa shape index (κ3) is 5.61. The van der Waals surface area contributed by atoms with Crippen molar-refractivity contribution in [2.45, 2.75) is 38.5 Å². The van der Waals surface area contributed by atoms with E-state index in [9.17, 15) is 14.7 Å². The maximum atomic E-state index is 11.6. The predicted octanol–water partition coefficient (Wildman–Crippen LogP) is 2.35. The summed E-state index contributed by atoms with van der Waals surface area (Å²) in [6.45, 7) is 4.95. The maximum Gasteiger partial charge on any atom is 0.408 e. The fraction of sp³-hybridized carbons (Fsp3) is 0.429. The molecular weight excluding hydrogens is 298 g/mol. The van der Waals surface area contributed by atoms with Gasteiger partial charge in [-0.1, -0.05) is 23.7 Å². The van der Waals surface area contributed by atoms with Gasteiger partial charge in [-0.15, -0.1) is 0 Å². The van der Waals surface area contributed by atoms with E-state index in [1.165, 1.54) is 24.3 Å². The van der Waals surface area contributed by atoms with Crippen molar-refractivity contribution in [2.75, 3.05) is 0 Å². The number of hydrogen-bond donors (Lipinski definition) is 3. The number of carbonyl (C=O) groups is 2. The van der Waals surface area contributed by atoms with Crippen molar-refractivity contribution < 1.29 is 24.5 Å². The highest BCUT2D eigenvalue weighted by atomic mass is 35.5. The van der Waals surface area contributed by atoms with Crippen molar-refractivity contribution in [1.29, 1.82) is 0 Å². The second kappa shape index (κ2) is 6.78. The summed E-state index contributed by atoms with van der Waals surface area (Å²) < 4.78 is 4.98. The van der Waals surface area contributed by atoms with E-state index in [2.05, 4.69) is 5.32 Å². The van der Waals surface area contributed by atoms with Crippen molar-refractivity contribution in [3.05, 3.63) is 34.9 Å². The Bertz CT molecular complexity index is 509. The van der Waals surface area contributed by atoms with Crippen molar-refractivity contribution in [1.82, 2.24) is 5.32 Å². The van der Waals surface area contributed by atoms with Crippen molar-refractivity contribution >= 4 is 23.7 Å². The van der Waals surface area contributed by atoms with Gasteiger partial charge in [0.1, 0.15) is 11.7 Å².